The van der Waals surface area contributed by atoms with Gasteiger partial charge in [0.2, 0.25) is 5.95 Å². The molecule has 1 N–H and O–H groups in total. The van der Waals surface area contributed by atoms with Crippen molar-refractivity contribution in [3.8, 4) is 0 Å². The molecular formula is C18H21F2N5O. The van der Waals surface area contributed by atoms with Crippen molar-refractivity contribution in [3.63, 3.8) is 0 Å². The highest BCUT2D eigenvalue weighted by molar-refractivity contribution is 5.94. The molecule has 0 atom stereocenters. The molecule has 1 aliphatic rings. The Labute approximate surface area is 150 Å². The van der Waals surface area contributed by atoms with Crippen LogP contribution in [0.15, 0.2) is 36.7 Å². The lowest BCUT2D eigenvalue weighted by molar-refractivity contribution is 0.0947. The fourth-order valence-electron chi connectivity index (χ4n) is 2.90. The molecule has 6 nitrogen and oxygen atoms in total. The van der Waals surface area contributed by atoms with Crippen molar-refractivity contribution in [1.29, 1.82) is 0 Å². The number of nitrogens with zero attached hydrogens (tertiary/aromatic N) is 4. The number of hydrogen-bond donors (Lipinski definition) is 1. The lowest BCUT2D eigenvalue weighted by Crippen LogP contribution is -2.47. The van der Waals surface area contributed by atoms with Crippen molar-refractivity contribution in [2.24, 2.45) is 0 Å². The smallest absolute Gasteiger partial charge is 0.254 e. The summed E-state index contributed by atoms with van der Waals surface area (Å²) in [6.45, 7) is 4.80. The Morgan fingerprint density at radius 3 is 2.54 bits per heavy atom. The third kappa shape index (κ3) is 4.72. The maximum absolute atomic E-state index is 13.6. The summed E-state index contributed by atoms with van der Waals surface area (Å²) < 4.78 is 26.4. The first-order valence-electron chi connectivity index (χ1n) is 8.61. The molecule has 0 radical (unpaired) electrons. The predicted octanol–water partition coefficient (Wildman–Crippen LogP) is 1.70. The highest BCUT2D eigenvalue weighted by atomic mass is 19.1. The molecule has 3 rings (SSSR count). The topological polar surface area (TPSA) is 61.4 Å². The zero-order valence-electron chi connectivity index (χ0n) is 14.4. The molecule has 8 heteroatoms. The van der Waals surface area contributed by atoms with E-state index in [1.807, 2.05) is 0 Å². The Hall–Kier alpha value is -2.61. The highest BCUT2D eigenvalue weighted by Gasteiger charge is 2.18. The van der Waals surface area contributed by atoms with Crippen LogP contribution in [0.4, 0.5) is 14.7 Å². The normalized spacial score (nSPS) is 15.1. The van der Waals surface area contributed by atoms with Gasteiger partial charge in [0.05, 0.1) is 5.56 Å². The second-order valence-electron chi connectivity index (χ2n) is 6.11. The van der Waals surface area contributed by atoms with Crippen LogP contribution in [0.2, 0.25) is 0 Å². The van der Waals surface area contributed by atoms with Gasteiger partial charge >= 0.3 is 0 Å². The fraction of sp³-hybridized carbons (Fsp3) is 0.389. The van der Waals surface area contributed by atoms with Crippen molar-refractivity contribution in [2.45, 2.75) is 6.42 Å². The number of carbonyl (C=O) groups excluding carboxylic acids is 1. The Balaban J connectivity index is 1.36. The van der Waals surface area contributed by atoms with Gasteiger partial charge in [-0.1, -0.05) is 0 Å². The number of rotatable bonds is 6. The Morgan fingerprint density at radius 1 is 1.12 bits per heavy atom. The van der Waals surface area contributed by atoms with Crippen molar-refractivity contribution in [3.05, 3.63) is 53.9 Å². The molecule has 0 spiro atoms. The van der Waals surface area contributed by atoms with E-state index in [2.05, 4.69) is 25.1 Å². The van der Waals surface area contributed by atoms with Crippen LogP contribution in [0, 0.1) is 11.6 Å². The van der Waals surface area contributed by atoms with Gasteiger partial charge in [0, 0.05) is 51.2 Å². The Kier molecular flexibility index (Phi) is 6.06. The van der Waals surface area contributed by atoms with Crippen molar-refractivity contribution in [1.82, 2.24) is 20.2 Å². The molecule has 1 aromatic heterocycles. The predicted molar refractivity (Wildman–Crippen MR) is 94.0 cm³/mol. The Morgan fingerprint density at radius 2 is 1.85 bits per heavy atom. The van der Waals surface area contributed by atoms with Crippen molar-refractivity contribution < 1.29 is 13.6 Å². The lowest BCUT2D eigenvalue weighted by Gasteiger charge is -2.34. The average molecular weight is 361 g/mol. The number of anilines is 1. The van der Waals surface area contributed by atoms with E-state index in [4.69, 9.17) is 0 Å². The number of halogens is 2. The van der Waals surface area contributed by atoms with Gasteiger partial charge in [0.1, 0.15) is 11.6 Å². The zero-order valence-corrected chi connectivity index (χ0v) is 14.4. The standard InChI is InChI=1S/C18H21F2N5O/c19-14-3-4-15(16(20)13-14)17(26)21-7-2-8-24-9-11-25(12-10-24)18-22-5-1-6-23-18/h1,3-6,13H,2,7-12H2,(H,21,26). The Bertz CT molecular complexity index is 736. The van der Waals surface area contributed by atoms with E-state index in [0.29, 0.717) is 12.6 Å². The molecule has 1 aromatic carbocycles. The third-order valence-corrected chi connectivity index (χ3v) is 4.32. The summed E-state index contributed by atoms with van der Waals surface area (Å²) >= 11 is 0. The number of amides is 1. The summed E-state index contributed by atoms with van der Waals surface area (Å²) in [5.74, 6) is -1.31. The molecule has 0 aliphatic carbocycles. The summed E-state index contributed by atoms with van der Waals surface area (Å²) in [6.07, 6.45) is 4.24. The van der Waals surface area contributed by atoms with Crippen LogP contribution >= 0.6 is 0 Å². The van der Waals surface area contributed by atoms with E-state index < -0.39 is 17.5 Å². The number of carbonyl (C=O) groups is 1. The number of piperazine rings is 1. The van der Waals surface area contributed by atoms with Crippen LogP contribution < -0.4 is 10.2 Å². The quantitative estimate of drug-likeness (QED) is 0.794. The number of nitrogens with one attached hydrogen (secondary N) is 1. The van der Waals surface area contributed by atoms with E-state index in [0.717, 1.165) is 57.2 Å². The van der Waals surface area contributed by atoms with Crippen LogP contribution in [0.25, 0.3) is 0 Å². The maximum atomic E-state index is 13.6. The molecule has 2 aromatic rings. The van der Waals surface area contributed by atoms with Gasteiger partial charge in [0.15, 0.2) is 0 Å². The van der Waals surface area contributed by atoms with Gasteiger partial charge in [-0.05, 0) is 31.2 Å². The van der Waals surface area contributed by atoms with Gasteiger partial charge < -0.3 is 10.2 Å². The monoisotopic (exact) mass is 361 g/mol. The molecule has 2 heterocycles. The van der Waals surface area contributed by atoms with Crippen molar-refractivity contribution in [2.75, 3.05) is 44.2 Å². The van der Waals surface area contributed by atoms with E-state index in [-0.39, 0.29) is 5.56 Å². The average Bonchev–Trinajstić information content (AvgIpc) is 2.66. The minimum absolute atomic E-state index is 0.136. The molecule has 0 saturated carbocycles. The number of aromatic nitrogens is 2. The van der Waals surface area contributed by atoms with E-state index in [9.17, 15) is 13.6 Å². The number of benzene rings is 1. The van der Waals surface area contributed by atoms with Gasteiger partial charge in [-0.25, -0.2) is 18.7 Å². The first kappa shape index (κ1) is 18.2. The van der Waals surface area contributed by atoms with Crippen LogP contribution in [-0.4, -0.2) is 60.0 Å². The fourth-order valence-corrected chi connectivity index (χ4v) is 2.90. The maximum Gasteiger partial charge on any atom is 0.254 e. The SMILES string of the molecule is O=C(NCCCN1CCN(c2ncccn2)CC1)c1ccc(F)cc1F. The molecule has 138 valence electrons. The van der Waals surface area contributed by atoms with Gasteiger partial charge in [-0.2, -0.15) is 0 Å². The summed E-state index contributed by atoms with van der Waals surface area (Å²) in [5.41, 5.74) is -0.136. The summed E-state index contributed by atoms with van der Waals surface area (Å²) in [5, 5.41) is 2.67. The molecule has 0 unspecified atom stereocenters. The minimum atomic E-state index is -0.846. The summed E-state index contributed by atoms with van der Waals surface area (Å²) in [4.78, 5) is 24.9. The first-order chi connectivity index (χ1) is 12.6. The molecule has 1 saturated heterocycles. The first-order valence-corrected chi connectivity index (χ1v) is 8.61. The van der Waals surface area contributed by atoms with Crippen LogP contribution in [0.1, 0.15) is 16.8 Å². The molecule has 1 aliphatic heterocycles. The molecule has 0 bridgehead atoms. The van der Waals surface area contributed by atoms with Crippen LogP contribution in [0.3, 0.4) is 0 Å². The van der Waals surface area contributed by atoms with E-state index in [1.54, 1.807) is 18.5 Å². The van der Waals surface area contributed by atoms with E-state index >= 15 is 0 Å². The lowest BCUT2D eigenvalue weighted by atomic mass is 10.2. The number of hydrogen-bond acceptors (Lipinski definition) is 5. The van der Waals surface area contributed by atoms with Gasteiger partial charge in [-0.15, -0.1) is 0 Å². The highest BCUT2D eigenvalue weighted by Crippen LogP contribution is 2.11. The zero-order chi connectivity index (χ0) is 18.4. The van der Waals surface area contributed by atoms with Crippen LogP contribution in [0.5, 0.6) is 0 Å². The van der Waals surface area contributed by atoms with Gasteiger partial charge in [-0.3, -0.25) is 9.69 Å². The molecule has 26 heavy (non-hydrogen) atoms. The van der Waals surface area contributed by atoms with Gasteiger partial charge in [0.25, 0.3) is 5.91 Å². The van der Waals surface area contributed by atoms with Crippen molar-refractivity contribution >= 4 is 11.9 Å². The van der Waals surface area contributed by atoms with E-state index in [1.165, 1.54) is 0 Å². The summed E-state index contributed by atoms with van der Waals surface area (Å²) in [7, 11) is 0. The molecular weight excluding hydrogens is 340 g/mol. The van der Waals surface area contributed by atoms with Crippen LogP contribution in [-0.2, 0) is 0 Å². The second-order valence-corrected chi connectivity index (χ2v) is 6.11. The third-order valence-electron chi connectivity index (χ3n) is 4.32. The molecule has 1 amide bonds. The summed E-state index contributed by atoms with van der Waals surface area (Å²) in [6, 6.07) is 4.75. The molecule has 1 fully saturated rings. The minimum Gasteiger partial charge on any atom is -0.352 e. The largest absolute Gasteiger partial charge is 0.352 e. The second kappa shape index (κ2) is 8.66.